The summed E-state index contributed by atoms with van der Waals surface area (Å²) in [4.78, 5) is 37.4. The number of likely N-dealkylation sites (N-methyl/N-ethyl adjacent to an activating group) is 1. The van der Waals surface area contributed by atoms with Crippen molar-refractivity contribution in [2.45, 2.75) is 19.9 Å². The molecule has 4 aromatic heterocycles. The Morgan fingerprint density at radius 2 is 1.95 bits per heavy atom. The molecule has 9 nitrogen and oxygen atoms in total. The van der Waals surface area contributed by atoms with Gasteiger partial charge >= 0.3 is 0 Å². The van der Waals surface area contributed by atoms with Crippen LogP contribution in [0, 0.1) is 12.1 Å². The maximum atomic E-state index is 13.8. The van der Waals surface area contributed by atoms with Crippen molar-refractivity contribution in [1.82, 2.24) is 19.6 Å². The number of carbonyl (C=O) groups is 1. The summed E-state index contributed by atoms with van der Waals surface area (Å²) < 4.78 is 3.62. The van der Waals surface area contributed by atoms with E-state index in [9.17, 15) is 14.8 Å². The summed E-state index contributed by atoms with van der Waals surface area (Å²) >= 11 is 1.39. The number of pyridine rings is 3. The van der Waals surface area contributed by atoms with E-state index in [0.29, 0.717) is 21.6 Å². The summed E-state index contributed by atoms with van der Waals surface area (Å²) in [5.74, 6) is 0.314. The van der Waals surface area contributed by atoms with Crippen LogP contribution in [-0.4, -0.2) is 53.4 Å². The molecular formula is C28H28N6O3S. The minimum absolute atomic E-state index is 0.0116. The zero-order valence-electron chi connectivity index (χ0n) is 21.3. The molecule has 0 spiro atoms. The molecule has 5 heterocycles. The van der Waals surface area contributed by atoms with Crippen molar-refractivity contribution in [1.29, 1.82) is 0 Å². The lowest BCUT2D eigenvalue weighted by atomic mass is 10.1. The van der Waals surface area contributed by atoms with Gasteiger partial charge in [0.2, 0.25) is 11.1 Å². The number of nitrogens with one attached hydrogen (secondary N) is 1. The first kappa shape index (κ1) is 24.3. The first-order valence-electron chi connectivity index (χ1n) is 12.7. The Morgan fingerprint density at radius 1 is 1.11 bits per heavy atom. The van der Waals surface area contributed by atoms with Crippen LogP contribution in [0.15, 0.2) is 59.5 Å². The van der Waals surface area contributed by atoms with Crippen LogP contribution in [0.2, 0.25) is 0 Å². The Hall–Kier alpha value is -4.02. The van der Waals surface area contributed by atoms with Crippen LogP contribution < -0.4 is 20.4 Å². The molecule has 0 atom stereocenters. The standard InChI is InChI=1S/C28H28N6O3S/c1-18-8-9-19(33(37)17-18)16-29-27(36)24-25(35)20-10-11-23(32-13-5-12-31(2)14-15-32)30-26(20)34-21-6-3-4-7-22(21)38-28(24)34/h3-4,6-11,17H,5,12-16H2,1-2H3,(H,29,36). The molecule has 0 saturated carbocycles. The highest BCUT2D eigenvalue weighted by molar-refractivity contribution is 7.24. The SMILES string of the molecule is Cc1ccc(CNC(=O)c2c(=O)c3ccc(N4CCCN(C)CC4)nc3n3c2sc2ccccc23)[n+]([O-])c1. The van der Waals surface area contributed by atoms with Crippen LogP contribution in [0.5, 0.6) is 0 Å². The second kappa shape index (κ2) is 9.70. The van der Waals surface area contributed by atoms with E-state index < -0.39 is 5.91 Å². The molecule has 38 heavy (non-hydrogen) atoms. The lowest BCUT2D eigenvalue weighted by Gasteiger charge is -2.22. The number of anilines is 1. The molecule has 1 amide bonds. The van der Waals surface area contributed by atoms with Crippen LogP contribution in [0.25, 0.3) is 26.1 Å². The average molecular weight is 529 g/mol. The molecule has 1 aromatic carbocycles. The van der Waals surface area contributed by atoms with Crippen molar-refractivity contribution >= 4 is 49.1 Å². The Kier molecular flexibility index (Phi) is 6.21. The molecule has 0 radical (unpaired) electrons. The molecule has 1 fully saturated rings. The van der Waals surface area contributed by atoms with Crippen molar-refractivity contribution in [3.63, 3.8) is 0 Å². The number of nitrogens with zero attached hydrogens (tertiary/aromatic N) is 5. The van der Waals surface area contributed by atoms with E-state index in [1.165, 1.54) is 17.5 Å². The second-order valence-corrected chi connectivity index (χ2v) is 10.8. The summed E-state index contributed by atoms with van der Waals surface area (Å²) in [6, 6.07) is 15.0. The van der Waals surface area contributed by atoms with Crippen LogP contribution in [0.3, 0.4) is 0 Å². The van der Waals surface area contributed by atoms with Crippen LogP contribution in [0.1, 0.15) is 28.0 Å². The highest BCUT2D eigenvalue weighted by atomic mass is 32.1. The number of para-hydroxylation sites is 1. The molecule has 1 N–H and O–H groups in total. The number of aryl methyl sites for hydroxylation is 1. The molecule has 0 unspecified atom stereocenters. The smallest absolute Gasteiger partial charge is 0.258 e. The molecular weight excluding hydrogens is 500 g/mol. The minimum Gasteiger partial charge on any atom is -0.618 e. The monoisotopic (exact) mass is 528 g/mol. The van der Waals surface area contributed by atoms with E-state index in [2.05, 4.69) is 22.2 Å². The minimum atomic E-state index is -0.513. The zero-order valence-corrected chi connectivity index (χ0v) is 22.1. The van der Waals surface area contributed by atoms with Gasteiger partial charge in [-0.15, -0.1) is 11.3 Å². The summed E-state index contributed by atoms with van der Waals surface area (Å²) in [5, 5.41) is 15.4. The predicted molar refractivity (Wildman–Crippen MR) is 150 cm³/mol. The molecule has 0 bridgehead atoms. The zero-order chi connectivity index (χ0) is 26.4. The van der Waals surface area contributed by atoms with Crippen LogP contribution in [-0.2, 0) is 6.54 Å². The lowest BCUT2D eigenvalue weighted by molar-refractivity contribution is -0.614. The number of hydrogen-bond acceptors (Lipinski definition) is 7. The number of fused-ring (bicyclic) bond motifs is 5. The Balaban J connectivity index is 1.48. The summed E-state index contributed by atoms with van der Waals surface area (Å²) in [5.41, 5.74) is 2.36. The van der Waals surface area contributed by atoms with E-state index in [-0.39, 0.29) is 17.5 Å². The predicted octanol–water partition coefficient (Wildman–Crippen LogP) is 3.08. The fourth-order valence-electron chi connectivity index (χ4n) is 5.04. The number of carbonyl (C=O) groups excluding carboxylic acids is 1. The van der Waals surface area contributed by atoms with Crippen molar-refractivity contribution in [3.05, 3.63) is 87.0 Å². The van der Waals surface area contributed by atoms with E-state index in [4.69, 9.17) is 4.98 Å². The van der Waals surface area contributed by atoms with Crippen LogP contribution in [0.4, 0.5) is 5.82 Å². The third-order valence-electron chi connectivity index (χ3n) is 7.12. The molecule has 10 heteroatoms. The van der Waals surface area contributed by atoms with Crippen LogP contribution >= 0.6 is 11.3 Å². The maximum absolute atomic E-state index is 13.8. The number of thiazole rings is 1. The van der Waals surface area contributed by atoms with E-state index in [1.807, 2.05) is 47.7 Å². The number of hydrogen-bond donors (Lipinski definition) is 1. The Bertz CT molecular complexity index is 1760. The van der Waals surface area contributed by atoms with Crippen molar-refractivity contribution in [3.8, 4) is 0 Å². The van der Waals surface area contributed by atoms with Gasteiger partial charge in [0.05, 0.1) is 15.6 Å². The van der Waals surface area contributed by atoms with Gasteiger partial charge in [0.1, 0.15) is 22.8 Å². The quantitative estimate of drug-likeness (QED) is 0.285. The molecule has 0 aliphatic carbocycles. The molecule has 5 aromatic rings. The fourth-order valence-corrected chi connectivity index (χ4v) is 6.22. The average Bonchev–Trinajstić information content (AvgIpc) is 3.15. The van der Waals surface area contributed by atoms with Gasteiger partial charge in [-0.1, -0.05) is 12.1 Å². The number of rotatable bonds is 4. The number of amides is 1. The largest absolute Gasteiger partial charge is 0.618 e. The highest BCUT2D eigenvalue weighted by Gasteiger charge is 2.24. The molecule has 194 valence electrons. The van der Waals surface area contributed by atoms with E-state index in [0.717, 1.165) is 58.9 Å². The highest BCUT2D eigenvalue weighted by Crippen LogP contribution is 2.31. The topological polar surface area (TPSA) is 96.9 Å². The molecule has 1 saturated heterocycles. The third-order valence-corrected chi connectivity index (χ3v) is 8.26. The van der Waals surface area contributed by atoms with Crippen molar-refractivity contribution in [2.24, 2.45) is 0 Å². The summed E-state index contributed by atoms with van der Waals surface area (Å²) in [6.07, 6.45) is 2.50. The van der Waals surface area contributed by atoms with E-state index >= 15 is 0 Å². The Labute approximate surface area is 223 Å². The third kappa shape index (κ3) is 4.25. The van der Waals surface area contributed by atoms with Gasteiger partial charge in [0.25, 0.3) is 5.91 Å². The van der Waals surface area contributed by atoms with Gasteiger partial charge in [-0.05, 0) is 57.3 Å². The van der Waals surface area contributed by atoms with Gasteiger partial charge in [-0.25, -0.2) is 4.98 Å². The van der Waals surface area contributed by atoms with Crippen molar-refractivity contribution < 1.29 is 9.52 Å². The molecule has 1 aliphatic heterocycles. The fraction of sp³-hybridized carbons (Fsp3) is 0.286. The van der Waals surface area contributed by atoms with E-state index in [1.54, 1.807) is 12.1 Å². The maximum Gasteiger partial charge on any atom is 0.258 e. The summed E-state index contributed by atoms with van der Waals surface area (Å²) in [7, 11) is 2.12. The molecule has 1 aliphatic rings. The van der Waals surface area contributed by atoms with Gasteiger partial charge < -0.3 is 20.3 Å². The number of benzene rings is 1. The van der Waals surface area contributed by atoms with Crippen molar-refractivity contribution in [2.75, 3.05) is 38.1 Å². The Morgan fingerprint density at radius 3 is 2.79 bits per heavy atom. The second-order valence-electron chi connectivity index (χ2n) is 9.81. The first-order valence-corrected chi connectivity index (χ1v) is 13.5. The lowest BCUT2D eigenvalue weighted by Crippen LogP contribution is -2.37. The first-order chi connectivity index (χ1) is 18.4. The molecule has 6 rings (SSSR count). The van der Waals surface area contributed by atoms with Gasteiger partial charge in [-0.2, -0.15) is 4.73 Å². The van der Waals surface area contributed by atoms with Gasteiger partial charge in [-0.3, -0.25) is 14.0 Å². The van der Waals surface area contributed by atoms with Gasteiger partial charge in [0.15, 0.2) is 11.8 Å². The van der Waals surface area contributed by atoms with Gasteiger partial charge in [0, 0.05) is 31.3 Å². The summed E-state index contributed by atoms with van der Waals surface area (Å²) in [6.45, 7) is 5.57. The number of aromatic nitrogens is 3. The normalized spacial score (nSPS) is 14.8.